The second kappa shape index (κ2) is 5.65. The highest BCUT2D eigenvalue weighted by atomic mass is 16.4. The monoisotopic (exact) mass is 325 g/mol. The highest BCUT2D eigenvalue weighted by Crippen LogP contribution is 2.49. The molecule has 3 atom stereocenters. The van der Waals surface area contributed by atoms with E-state index in [0.717, 1.165) is 16.9 Å². The molecule has 2 aliphatic rings. The summed E-state index contributed by atoms with van der Waals surface area (Å²) in [5, 5.41) is 3.46. The lowest BCUT2D eigenvalue weighted by Crippen LogP contribution is -2.51. The van der Waals surface area contributed by atoms with E-state index in [9.17, 15) is 4.79 Å². The largest absolute Gasteiger partial charge is 0.432 e. The van der Waals surface area contributed by atoms with Gasteiger partial charge in [0.05, 0.1) is 11.7 Å². The molecule has 1 aliphatic heterocycles. The predicted octanol–water partition coefficient (Wildman–Crippen LogP) is 3.92. The van der Waals surface area contributed by atoms with Crippen LogP contribution < -0.4 is 10.2 Å². The van der Waals surface area contributed by atoms with E-state index in [1.165, 1.54) is 12.8 Å². The van der Waals surface area contributed by atoms with Crippen LogP contribution in [0.3, 0.4) is 0 Å². The van der Waals surface area contributed by atoms with E-state index in [1.54, 1.807) is 13.2 Å². The van der Waals surface area contributed by atoms with Gasteiger partial charge in [-0.2, -0.15) is 4.98 Å². The first-order valence-corrected chi connectivity index (χ1v) is 8.63. The Morgan fingerprint density at radius 1 is 1.33 bits per heavy atom. The number of anilines is 2. The van der Waals surface area contributed by atoms with Crippen LogP contribution in [0.25, 0.3) is 0 Å². The number of aromatic nitrogens is 1. The number of nitrogens with one attached hydrogen (secondary N) is 1. The number of para-hydroxylation sites is 1. The molecule has 1 aliphatic carbocycles. The van der Waals surface area contributed by atoms with Gasteiger partial charge in [-0.3, -0.25) is 4.79 Å². The number of aryl methyl sites for hydroxylation is 1. The lowest BCUT2D eigenvalue weighted by molar-refractivity contribution is -0.117. The summed E-state index contributed by atoms with van der Waals surface area (Å²) in [7, 11) is 0. The molecule has 2 aromatic rings. The molecular formula is C19H23N3O2. The molecular weight excluding hydrogens is 302 g/mol. The molecule has 0 radical (unpaired) electrons. The third kappa shape index (κ3) is 2.48. The SMILES string of the molecule is CC(=O)N1c2ccccc2C(Nc2nc(C)co2)C(C)C1C1CC1. The first-order valence-electron chi connectivity index (χ1n) is 8.63. The van der Waals surface area contributed by atoms with E-state index in [0.29, 0.717) is 11.9 Å². The summed E-state index contributed by atoms with van der Waals surface area (Å²) in [5.41, 5.74) is 3.01. The highest BCUT2D eigenvalue weighted by molar-refractivity contribution is 5.94. The number of benzene rings is 1. The van der Waals surface area contributed by atoms with Crippen molar-refractivity contribution in [3.8, 4) is 0 Å². The van der Waals surface area contributed by atoms with Crippen molar-refractivity contribution in [3.63, 3.8) is 0 Å². The molecule has 1 saturated carbocycles. The van der Waals surface area contributed by atoms with Crippen LogP contribution in [-0.4, -0.2) is 16.9 Å². The van der Waals surface area contributed by atoms with Crippen LogP contribution in [0, 0.1) is 18.8 Å². The topological polar surface area (TPSA) is 58.4 Å². The summed E-state index contributed by atoms with van der Waals surface area (Å²) in [6, 6.07) is 9.03. The summed E-state index contributed by atoms with van der Waals surface area (Å²) >= 11 is 0. The summed E-state index contributed by atoms with van der Waals surface area (Å²) in [4.78, 5) is 18.8. The molecule has 2 heterocycles. The van der Waals surface area contributed by atoms with Crippen molar-refractivity contribution in [3.05, 3.63) is 41.8 Å². The molecule has 1 N–H and O–H groups in total. The Balaban J connectivity index is 1.77. The minimum Gasteiger partial charge on any atom is -0.432 e. The van der Waals surface area contributed by atoms with Crippen LogP contribution in [-0.2, 0) is 4.79 Å². The Morgan fingerprint density at radius 2 is 2.08 bits per heavy atom. The van der Waals surface area contributed by atoms with Crippen molar-refractivity contribution < 1.29 is 9.21 Å². The predicted molar refractivity (Wildman–Crippen MR) is 92.9 cm³/mol. The molecule has 1 aromatic carbocycles. The van der Waals surface area contributed by atoms with Gasteiger partial charge in [0, 0.05) is 24.6 Å². The average Bonchev–Trinajstić information content (AvgIpc) is 3.31. The standard InChI is InChI=1S/C19H23N3O2/c1-11-10-24-19(20-11)21-17-12(2)18(14-8-9-14)22(13(3)23)16-7-5-4-6-15(16)17/h4-7,10,12,14,17-18H,8-9H2,1-3H3,(H,20,21). The maximum Gasteiger partial charge on any atom is 0.295 e. The van der Waals surface area contributed by atoms with Crippen LogP contribution in [0.15, 0.2) is 34.9 Å². The molecule has 24 heavy (non-hydrogen) atoms. The van der Waals surface area contributed by atoms with E-state index < -0.39 is 0 Å². The number of amides is 1. The maximum atomic E-state index is 12.4. The third-order valence-corrected chi connectivity index (χ3v) is 5.24. The molecule has 1 fully saturated rings. The Hall–Kier alpha value is -2.30. The van der Waals surface area contributed by atoms with Crippen molar-refractivity contribution in [1.29, 1.82) is 0 Å². The Kier molecular flexibility index (Phi) is 3.59. The van der Waals surface area contributed by atoms with Crippen molar-refractivity contribution in [2.24, 2.45) is 11.8 Å². The third-order valence-electron chi connectivity index (χ3n) is 5.24. The second-order valence-corrected chi connectivity index (χ2v) is 7.05. The number of carbonyl (C=O) groups is 1. The molecule has 3 unspecified atom stereocenters. The van der Waals surface area contributed by atoms with Gasteiger partial charge in [-0.05, 0) is 37.3 Å². The molecule has 0 spiro atoms. The zero-order valence-corrected chi connectivity index (χ0v) is 14.3. The number of oxazole rings is 1. The highest BCUT2D eigenvalue weighted by Gasteiger charge is 2.47. The zero-order valence-electron chi connectivity index (χ0n) is 14.3. The van der Waals surface area contributed by atoms with Gasteiger partial charge in [-0.25, -0.2) is 0 Å². The molecule has 5 heteroatoms. The second-order valence-electron chi connectivity index (χ2n) is 7.05. The van der Waals surface area contributed by atoms with E-state index in [1.807, 2.05) is 30.0 Å². The minimum atomic E-state index is 0.0837. The van der Waals surface area contributed by atoms with Gasteiger partial charge in [0.25, 0.3) is 6.01 Å². The first-order chi connectivity index (χ1) is 11.6. The molecule has 1 amide bonds. The van der Waals surface area contributed by atoms with Gasteiger partial charge in [-0.1, -0.05) is 25.1 Å². The number of carbonyl (C=O) groups excluding carboxylic acids is 1. The average molecular weight is 325 g/mol. The number of hydrogen-bond acceptors (Lipinski definition) is 4. The smallest absolute Gasteiger partial charge is 0.295 e. The Bertz CT molecular complexity index is 765. The summed E-state index contributed by atoms with van der Waals surface area (Å²) < 4.78 is 5.51. The number of fused-ring (bicyclic) bond motifs is 1. The molecule has 5 nitrogen and oxygen atoms in total. The minimum absolute atomic E-state index is 0.0837. The van der Waals surface area contributed by atoms with Gasteiger partial charge in [0.2, 0.25) is 5.91 Å². The van der Waals surface area contributed by atoms with E-state index in [-0.39, 0.29) is 23.9 Å². The normalized spacial score (nSPS) is 26.1. The van der Waals surface area contributed by atoms with Gasteiger partial charge in [-0.15, -0.1) is 0 Å². The lowest BCUT2D eigenvalue weighted by Gasteiger charge is -2.45. The summed E-state index contributed by atoms with van der Waals surface area (Å²) in [6.07, 6.45) is 4.06. The van der Waals surface area contributed by atoms with Gasteiger partial charge >= 0.3 is 0 Å². The molecule has 0 bridgehead atoms. The van der Waals surface area contributed by atoms with E-state index in [4.69, 9.17) is 4.42 Å². The molecule has 1 aromatic heterocycles. The van der Waals surface area contributed by atoms with Crippen molar-refractivity contribution in [2.45, 2.75) is 45.7 Å². The first kappa shape index (κ1) is 15.2. The maximum absolute atomic E-state index is 12.4. The lowest BCUT2D eigenvalue weighted by atomic mass is 9.80. The summed E-state index contributed by atoms with van der Waals surface area (Å²) in [5.74, 6) is 0.993. The van der Waals surface area contributed by atoms with Crippen LogP contribution in [0.2, 0.25) is 0 Å². The van der Waals surface area contributed by atoms with Crippen molar-refractivity contribution in [2.75, 3.05) is 10.2 Å². The molecule has 126 valence electrons. The van der Waals surface area contributed by atoms with Crippen molar-refractivity contribution in [1.82, 2.24) is 4.98 Å². The van der Waals surface area contributed by atoms with Crippen molar-refractivity contribution >= 4 is 17.6 Å². The van der Waals surface area contributed by atoms with Crippen LogP contribution in [0.5, 0.6) is 0 Å². The van der Waals surface area contributed by atoms with E-state index >= 15 is 0 Å². The molecule has 0 saturated heterocycles. The Morgan fingerprint density at radius 3 is 2.71 bits per heavy atom. The van der Waals surface area contributed by atoms with Crippen LogP contribution in [0.1, 0.15) is 44.0 Å². The van der Waals surface area contributed by atoms with Gasteiger partial charge < -0.3 is 14.6 Å². The summed E-state index contributed by atoms with van der Waals surface area (Å²) in [6.45, 7) is 5.81. The zero-order chi connectivity index (χ0) is 16.8. The fourth-order valence-corrected chi connectivity index (χ4v) is 4.07. The number of rotatable bonds is 3. The van der Waals surface area contributed by atoms with Crippen LogP contribution >= 0.6 is 0 Å². The fourth-order valence-electron chi connectivity index (χ4n) is 4.07. The molecule has 4 rings (SSSR count). The van der Waals surface area contributed by atoms with Gasteiger partial charge in [0.15, 0.2) is 0 Å². The quantitative estimate of drug-likeness (QED) is 0.929. The van der Waals surface area contributed by atoms with E-state index in [2.05, 4.69) is 23.3 Å². The number of nitrogens with zero attached hydrogens (tertiary/aromatic N) is 2. The Labute approximate surface area is 142 Å². The van der Waals surface area contributed by atoms with Crippen LogP contribution in [0.4, 0.5) is 11.7 Å². The fraction of sp³-hybridized carbons (Fsp3) is 0.474. The van der Waals surface area contributed by atoms with Gasteiger partial charge in [0.1, 0.15) is 6.26 Å². The number of hydrogen-bond donors (Lipinski definition) is 1.